The number of aromatic nitrogens is 4. The summed E-state index contributed by atoms with van der Waals surface area (Å²) >= 11 is 6.30. The van der Waals surface area contributed by atoms with E-state index in [2.05, 4.69) is 40.2 Å². The minimum absolute atomic E-state index is 0.0123. The molecule has 1 aliphatic heterocycles. The molecule has 2 atom stereocenters. The second-order valence-electron chi connectivity index (χ2n) is 10.6. The molecule has 4 rings (SSSR count). The van der Waals surface area contributed by atoms with Crippen LogP contribution in [0.3, 0.4) is 0 Å². The number of halogens is 1. The van der Waals surface area contributed by atoms with Gasteiger partial charge in [0.05, 0.1) is 44.4 Å². The molecule has 0 aliphatic carbocycles. The predicted molar refractivity (Wildman–Crippen MR) is 172 cm³/mol. The number of esters is 1. The van der Waals surface area contributed by atoms with E-state index >= 15 is 0 Å². The first kappa shape index (κ1) is 37.2. The van der Waals surface area contributed by atoms with E-state index in [-0.39, 0.29) is 50.1 Å². The van der Waals surface area contributed by atoms with Gasteiger partial charge < -0.3 is 39.4 Å². The van der Waals surface area contributed by atoms with Crippen molar-refractivity contribution in [3.63, 3.8) is 0 Å². The summed E-state index contributed by atoms with van der Waals surface area (Å²) in [4.78, 5) is 74.2. The first-order valence-electron chi connectivity index (χ1n) is 15.2. The van der Waals surface area contributed by atoms with E-state index in [1.807, 2.05) is 11.0 Å². The zero-order chi connectivity index (χ0) is 35.9. The van der Waals surface area contributed by atoms with Gasteiger partial charge in [-0.05, 0) is 36.6 Å². The Kier molecular flexibility index (Phi) is 14.0. The van der Waals surface area contributed by atoms with Crippen molar-refractivity contribution in [1.29, 1.82) is 0 Å². The van der Waals surface area contributed by atoms with Crippen LogP contribution in [0.2, 0.25) is 5.02 Å². The van der Waals surface area contributed by atoms with Gasteiger partial charge in [-0.1, -0.05) is 17.7 Å². The Morgan fingerprint density at radius 2 is 1.92 bits per heavy atom. The third kappa shape index (κ3) is 11.5. The summed E-state index contributed by atoms with van der Waals surface area (Å²) in [6, 6.07) is 6.70. The van der Waals surface area contributed by atoms with Crippen LogP contribution in [0, 0.1) is 20.2 Å². The SMILES string of the molecule is COc1ccc(CNc2nc(N3CCC[C@H]3COC(=O)CCOC[C@@H](CO[N+](=O)[O-])O[N+](=O)[O-])ncc2C(=O)NCc2ncccn2)cc1Cl. The van der Waals surface area contributed by atoms with E-state index in [1.165, 1.54) is 13.3 Å². The molecule has 1 amide bonds. The average Bonchev–Trinajstić information content (AvgIpc) is 3.58. The van der Waals surface area contributed by atoms with Gasteiger partial charge in [0.25, 0.3) is 16.1 Å². The molecule has 3 heterocycles. The summed E-state index contributed by atoms with van der Waals surface area (Å²) in [6.07, 6.45) is 4.46. The minimum Gasteiger partial charge on any atom is -0.495 e. The number of hydrogen-bond donors (Lipinski definition) is 2. The maximum atomic E-state index is 13.2. The van der Waals surface area contributed by atoms with E-state index in [4.69, 9.17) is 25.8 Å². The maximum Gasteiger partial charge on any atom is 0.308 e. The van der Waals surface area contributed by atoms with Gasteiger partial charge >= 0.3 is 5.97 Å². The lowest BCUT2D eigenvalue weighted by molar-refractivity contribution is -0.790. The predicted octanol–water partition coefficient (Wildman–Crippen LogP) is 2.17. The summed E-state index contributed by atoms with van der Waals surface area (Å²) in [5.74, 6) is 0.482. The van der Waals surface area contributed by atoms with Gasteiger partial charge in [-0.25, -0.2) is 15.0 Å². The summed E-state index contributed by atoms with van der Waals surface area (Å²) in [5, 5.41) is 25.1. The first-order chi connectivity index (χ1) is 24.1. The smallest absolute Gasteiger partial charge is 0.308 e. The highest BCUT2D eigenvalue weighted by molar-refractivity contribution is 6.32. The normalized spacial score (nSPS) is 14.4. The van der Waals surface area contributed by atoms with Gasteiger partial charge in [-0.2, -0.15) is 4.98 Å². The highest BCUT2D eigenvalue weighted by atomic mass is 35.5. The number of rotatable bonds is 20. The Balaban J connectivity index is 1.37. The quantitative estimate of drug-likeness (QED) is 0.0735. The molecule has 1 aliphatic rings. The van der Waals surface area contributed by atoms with Crippen molar-refractivity contribution in [1.82, 2.24) is 25.3 Å². The van der Waals surface area contributed by atoms with E-state index in [0.717, 1.165) is 12.0 Å². The summed E-state index contributed by atoms with van der Waals surface area (Å²) in [6.45, 7) is -0.389. The van der Waals surface area contributed by atoms with E-state index in [1.54, 1.807) is 30.6 Å². The number of methoxy groups -OCH3 is 1. The van der Waals surface area contributed by atoms with E-state index in [9.17, 15) is 29.8 Å². The molecule has 3 aromatic rings. The fourth-order valence-electron chi connectivity index (χ4n) is 4.77. The largest absolute Gasteiger partial charge is 0.495 e. The molecule has 2 N–H and O–H groups in total. The van der Waals surface area contributed by atoms with Gasteiger partial charge in [0.1, 0.15) is 36.2 Å². The van der Waals surface area contributed by atoms with Gasteiger partial charge in [0.15, 0.2) is 6.10 Å². The molecule has 1 saturated heterocycles. The number of nitrogens with zero attached hydrogens (tertiary/aromatic N) is 7. The van der Waals surface area contributed by atoms with Crippen LogP contribution in [-0.2, 0) is 37.0 Å². The summed E-state index contributed by atoms with van der Waals surface area (Å²) in [7, 11) is 1.52. The van der Waals surface area contributed by atoms with Crippen molar-refractivity contribution >= 4 is 35.2 Å². The number of carbonyl (C=O) groups is 2. The Bertz CT molecular complexity index is 1620. The van der Waals surface area contributed by atoms with Crippen molar-refractivity contribution in [3.05, 3.63) is 85.1 Å². The van der Waals surface area contributed by atoms with Crippen LogP contribution in [0.4, 0.5) is 11.8 Å². The van der Waals surface area contributed by atoms with Crippen LogP contribution in [0.25, 0.3) is 0 Å². The van der Waals surface area contributed by atoms with E-state index < -0.39 is 41.4 Å². The molecular formula is C29H34ClN9O11. The second kappa shape index (κ2) is 18.8. The number of benzene rings is 1. The molecule has 2 aromatic heterocycles. The molecule has 0 saturated carbocycles. The van der Waals surface area contributed by atoms with Crippen LogP contribution in [0.5, 0.6) is 5.75 Å². The van der Waals surface area contributed by atoms with Crippen molar-refractivity contribution in [3.8, 4) is 5.75 Å². The lowest BCUT2D eigenvalue weighted by atomic mass is 10.2. The topological polar surface area (TPSA) is 245 Å². The molecule has 0 radical (unpaired) electrons. The Morgan fingerprint density at radius 1 is 1.12 bits per heavy atom. The maximum absolute atomic E-state index is 13.2. The van der Waals surface area contributed by atoms with Crippen LogP contribution in [-0.4, -0.2) is 94.2 Å². The molecule has 1 aromatic carbocycles. The molecule has 1 fully saturated rings. The molecule has 21 heteroatoms. The number of ether oxygens (including phenoxy) is 3. The van der Waals surface area contributed by atoms with Crippen LogP contribution < -0.4 is 20.3 Å². The lowest BCUT2D eigenvalue weighted by Gasteiger charge is -2.25. The van der Waals surface area contributed by atoms with Crippen molar-refractivity contribution in [2.75, 3.05) is 50.3 Å². The Morgan fingerprint density at radius 3 is 2.64 bits per heavy atom. The highest BCUT2D eigenvalue weighted by Gasteiger charge is 2.29. The van der Waals surface area contributed by atoms with Crippen LogP contribution in [0.15, 0.2) is 42.9 Å². The molecule has 50 heavy (non-hydrogen) atoms. The monoisotopic (exact) mass is 719 g/mol. The zero-order valence-electron chi connectivity index (χ0n) is 26.8. The van der Waals surface area contributed by atoms with Crippen molar-refractivity contribution < 1.29 is 43.6 Å². The average molecular weight is 720 g/mol. The van der Waals surface area contributed by atoms with Gasteiger partial charge in [-0.3, -0.25) is 9.59 Å². The van der Waals surface area contributed by atoms with Crippen LogP contribution >= 0.6 is 11.6 Å². The number of anilines is 2. The first-order valence-corrected chi connectivity index (χ1v) is 15.6. The molecule has 0 spiro atoms. The second-order valence-corrected chi connectivity index (χ2v) is 11.0. The lowest BCUT2D eigenvalue weighted by Crippen LogP contribution is -2.36. The van der Waals surface area contributed by atoms with Crippen molar-refractivity contribution in [2.24, 2.45) is 0 Å². The zero-order valence-corrected chi connectivity index (χ0v) is 27.5. The number of hydrogen-bond acceptors (Lipinski definition) is 17. The van der Waals surface area contributed by atoms with Crippen molar-refractivity contribution in [2.45, 2.75) is 44.5 Å². The fourth-order valence-corrected chi connectivity index (χ4v) is 5.05. The minimum atomic E-state index is -1.36. The van der Waals surface area contributed by atoms with Gasteiger partial charge in [0.2, 0.25) is 5.95 Å². The Hall–Kier alpha value is -5.63. The molecular weight excluding hydrogens is 686 g/mol. The number of amides is 1. The van der Waals surface area contributed by atoms with E-state index in [0.29, 0.717) is 35.5 Å². The fraction of sp³-hybridized carbons (Fsp3) is 0.448. The molecule has 268 valence electrons. The number of nitrogens with one attached hydrogen (secondary N) is 2. The number of carbonyl (C=O) groups excluding carboxylic acids is 2. The Labute approximate surface area is 289 Å². The van der Waals surface area contributed by atoms with Gasteiger partial charge in [0, 0.05) is 31.7 Å². The molecule has 20 nitrogen and oxygen atoms in total. The standard InChI is InChI=1S/C29H34ClN9O11/c1-46-24-6-5-19(12-23(24)30)13-33-27-22(28(41)34-15-25-31-8-3-9-32-25)14-35-29(36-27)37-10-2-4-20(37)16-48-26(40)7-11-47-17-21(50-39(44)45)18-49-38(42)43/h3,5-6,8-9,12,14,20-21H,2,4,7,10-11,13,15-18H2,1H3,(H,34,41)(H,33,35,36)/t20-,21-/m0/s1. The molecule has 0 bridgehead atoms. The molecule has 0 unspecified atom stereocenters. The van der Waals surface area contributed by atoms with Gasteiger partial charge in [-0.15, -0.1) is 20.2 Å². The third-order valence-electron chi connectivity index (χ3n) is 7.15. The third-order valence-corrected chi connectivity index (χ3v) is 7.44. The summed E-state index contributed by atoms with van der Waals surface area (Å²) in [5.41, 5.74) is 0.989. The highest BCUT2D eigenvalue weighted by Crippen LogP contribution is 2.27. The summed E-state index contributed by atoms with van der Waals surface area (Å²) < 4.78 is 15.9. The van der Waals surface area contributed by atoms with Crippen LogP contribution in [0.1, 0.15) is 41.0 Å².